The summed E-state index contributed by atoms with van der Waals surface area (Å²) in [5, 5.41) is 6.48. The number of guanidine groups is 1. The third kappa shape index (κ3) is 9.31. The van der Waals surface area contributed by atoms with Gasteiger partial charge in [-0.05, 0) is 38.3 Å². The third-order valence-electron chi connectivity index (χ3n) is 3.44. The summed E-state index contributed by atoms with van der Waals surface area (Å²) < 4.78 is 29.9. The van der Waals surface area contributed by atoms with Gasteiger partial charge in [-0.1, -0.05) is 17.7 Å². The van der Waals surface area contributed by atoms with Crippen molar-refractivity contribution in [3.63, 3.8) is 0 Å². The first-order valence-corrected chi connectivity index (χ1v) is 10.3. The van der Waals surface area contributed by atoms with Crippen molar-refractivity contribution >= 4 is 16.0 Å². The standard InChI is InChI=1S/C17H30N4O3S/c1-5-18-17(19-10-6-11-21-25(4,22)23)20-12-9-15-13-14(2)7-8-16(15)24-3/h7-8,13,21H,5-6,9-12H2,1-4H3,(H2,18,19,20). The third-order valence-corrected chi connectivity index (χ3v) is 4.16. The van der Waals surface area contributed by atoms with E-state index in [1.54, 1.807) is 7.11 Å². The van der Waals surface area contributed by atoms with Crippen LogP contribution in [0.4, 0.5) is 0 Å². The number of benzene rings is 1. The fraction of sp³-hybridized carbons (Fsp3) is 0.588. The van der Waals surface area contributed by atoms with Gasteiger partial charge in [-0.25, -0.2) is 13.1 Å². The second-order valence-corrected chi connectivity index (χ2v) is 7.61. The summed E-state index contributed by atoms with van der Waals surface area (Å²) in [6, 6.07) is 6.14. The highest BCUT2D eigenvalue weighted by Crippen LogP contribution is 2.19. The number of hydrogen-bond acceptors (Lipinski definition) is 4. The molecule has 7 nitrogen and oxygen atoms in total. The van der Waals surface area contributed by atoms with Gasteiger partial charge in [0.1, 0.15) is 5.75 Å². The van der Waals surface area contributed by atoms with Crippen molar-refractivity contribution in [3.8, 4) is 5.75 Å². The highest BCUT2D eigenvalue weighted by molar-refractivity contribution is 7.88. The molecule has 1 rings (SSSR count). The van der Waals surface area contributed by atoms with E-state index in [0.717, 1.165) is 43.0 Å². The van der Waals surface area contributed by atoms with Gasteiger partial charge in [0.2, 0.25) is 10.0 Å². The van der Waals surface area contributed by atoms with Gasteiger partial charge in [-0.2, -0.15) is 0 Å². The van der Waals surface area contributed by atoms with E-state index in [-0.39, 0.29) is 0 Å². The number of methoxy groups -OCH3 is 1. The maximum atomic E-state index is 11.0. The van der Waals surface area contributed by atoms with Crippen LogP contribution in [0.5, 0.6) is 5.75 Å². The van der Waals surface area contributed by atoms with Crippen molar-refractivity contribution in [1.29, 1.82) is 0 Å². The minimum atomic E-state index is -3.13. The van der Waals surface area contributed by atoms with Crippen molar-refractivity contribution in [1.82, 2.24) is 15.4 Å². The van der Waals surface area contributed by atoms with E-state index in [4.69, 9.17) is 4.74 Å². The number of hydrogen-bond donors (Lipinski definition) is 3. The summed E-state index contributed by atoms with van der Waals surface area (Å²) in [6.07, 6.45) is 2.63. The minimum Gasteiger partial charge on any atom is -0.496 e. The molecule has 142 valence electrons. The first kappa shape index (κ1) is 21.2. The van der Waals surface area contributed by atoms with Gasteiger partial charge >= 0.3 is 0 Å². The Labute approximate surface area is 151 Å². The monoisotopic (exact) mass is 370 g/mol. The Morgan fingerprint density at radius 2 is 2.00 bits per heavy atom. The average Bonchev–Trinajstić information content (AvgIpc) is 2.53. The highest BCUT2D eigenvalue weighted by Gasteiger charge is 2.04. The quantitative estimate of drug-likeness (QED) is 0.325. The molecule has 1 aromatic rings. The SMILES string of the molecule is CCNC(=NCCCNS(C)(=O)=O)NCCc1cc(C)ccc1OC. The van der Waals surface area contributed by atoms with Crippen LogP contribution in [0.3, 0.4) is 0 Å². The first-order chi connectivity index (χ1) is 11.9. The Bertz CT molecular complexity index is 660. The van der Waals surface area contributed by atoms with Crippen molar-refractivity contribution in [2.45, 2.75) is 26.7 Å². The van der Waals surface area contributed by atoms with Gasteiger partial charge in [-0.3, -0.25) is 4.99 Å². The second-order valence-electron chi connectivity index (χ2n) is 5.77. The Hall–Kier alpha value is -1.80. The number of nitrogens with one attached hydrogen (secondary N) is 3. The molecule has 0 radical (unpaired) electrons. The van der Waals surface area contributed by atoms with E-state index in [9.17, 15) is 8.42 Å². The van der Waals surface area contributed by atoms with Gasteiger partial charge in [0.05, 0.1) is 13.4 Å². The molecule has 0 aliphatic heterocycles. The zero-order valence-electron chi connectivity index (χ0n) is 15.6. The fourth-order valence-electron chi connectivity index (χ4n) is 2.29. The van der Waals surface area contributed by atoms with Gasteiger partial charge in [-0.15, -0.1) is 0 Å². The lowest BCUT2D eigenvalue weighted by molar-refractivity contribution is 0.409. The summed E-state index contributed by atoms with van der Waals surface area (Å²) in [5.74, 6) is 1.62. The van der Waals surface area contributed by atoms with Crippen LogP contribution >= 0.6 is 0 Å². The molecule has 3 N–H and O–H groups in total. The number of aryl methyl sites for hydroxylation is 1. The molecule has 0 unspecified atom stereocenters. The van der Waals surface area contributed by atoms with Crippen molar-refractivity contribution < 1.29 is 13.2 Å². The van der Waals surface area contributed by atoms with E-state index in [2.05, 4.69) is 33.3 Å². The van der Waals surface area contributed by atoms with Crippen LogP contribution in [-0.4, -0.2) is 53.9 Å². The summed E-state index contributed by atoms with van der Waals surface area (Å²) >= 11 is 0. The number of nitrogens with zero attached hydrogens (tertiary/aromatic N) is 1. The molecule has 0 saturated heterocycles. The predicted octanol–water partition coefficient (Wildman–Crippen LogP) is 1.04. The summed E-state index contributed by atoms with van der Waals surface area (Å²) in [5.41, 5.74) is 2.36. The highest BCUT2D eigenvalue weighted by atomic mass is 32.2. The van der Waals surface area contributed by atoms with Crippen molar-refractivity contribution in [2.24, 2.45) is 4.99 Å². The molecule has 0 aliphatic carbocycles. The van der Waals surface area contributed by atoms with Crippen molar-refractivity contribution in [2.75, 3.05) is 39.5 Å². The molecule has 0 aromatic heterocycles. The van der Waals surface area contributed by atoms with Crippen LogP contribution in [0.2, 0.25) is 0 Å². The molecule has 0 saturated carbocycles. The lowest BCUT2D eigenvalue weighted by Crippen LogP contribution is -2.38. The van der Waals surface area contributed by atoms with E-state index < -0.39 is 10.0 Å². The van der Waals surface area contributed by atoms with Crippen molar-refractivity contribution in [3.05, 3.63) is 29.3 Å². The summed E-state index contributed by atoms with van der Waals surface area (Å²) in [4.78, 5) is 4.45. The molecule has 1 aromatic carbocycles. The Kier molecular flexibility index (Phi) is 9.30. The van der Waals surface area contributed by atoms with E-state index in [1.807, 2.05) is 19.1 Å². The smallest absolute Gasteiger partial charge is 0.208 e. The zero-order chi connectivity index (χ0) is 18.7. The van der Waals surface area contributed by atoms with Gasteiger partial charge < -0.3 is 15.4 Å². The molecule has 0 heterocycles. The average molecular weight is 371 g/mol. The molecular weight excluding hydrogens is 340 g/mol. The lowest BCUT2D eigenvalue weighted by atomic mass is 10.1. The first-order valence-electron chi connectivity index (χ1n) is 8.46. The topological polar surface area (TPSA) is 91.8 Å². The molecule has 0 atom stereocenters. The molecule has 0 amide bonds. The van der Waals surface area contributed by atoms with E-state index in [0.29, 0.717) is 19.5 Å². The summed E-state index contributed by atoms with van der Waals surface area (Å²) in [6.45, 7) is 6.50. The van der Waals surface area contributed by atoms with Crippen LogP contribution in [0, 0.1) is 6.92 Å². The van der Waals surface area contributed by atoms with Gasteiger partial charge in [0.15, 0.2) is 5.96 Å². The van der Waals surface area contributed by atoms with Crippen LogP contribution in [0.1, 0.15) is 24.5 Å². The van der Waals surface area contributed by atoms with Gasteiger partial charge in [0.25, 0.3) is 0 Å². The minimum absolute atomic E-state index is 0.391. The predicted molar refractivity (Wildman–Crippen MR) is 103 cm³/mol. The number of ether oxygens (including phenoxy) is 1. The Balaban J connectivity index is 2.47. The maximum Gasteiger partial charge on any atom is 0.208 e. The van der Waals surface area contributed by atoms with Crippen LogP contribution in [-0.2, 0) is 16.4 Å². The molecule has 8 heteroatoms. The Morgan fingerprint density at radius 1 is 1.24 bits per heavy atom. The normalized spacial score (nSPS) is 12.1. The van der Waals surface area contributed by atoms with E-state index in [1.165, 1.54) is 5.56 Å². The molecule has 0 bridgehead atoms. The largest absolute Gasteiger partial charge is 0.496 e. The number of aliphatic imine (C=N–C) groups is 1. The number of rotatable bonds is 10. The Morgan fingerprint density at radius 3 is 2.64 bits per heavy atom. The van der Waals surface area contributed by atoms with Crippen LogP contribution in [0.25, 0.3) is 0 Å². The summed E-state index contributed by atoms with van der Waals surface area (Å²) in [7, 11) is -1.45. The molecule has 0 spiro atoms. The number of sulfonamides is 1. The maximum absolute atomic E-state index is 11.0. The molecule has 0 aliphatic rings. The molecule has 0 fully saturated rings. The molecule has 25 heavy (non-hydrogen) atoms. The van der Waals surface area contributed by atoms with E-state index >= 15 is 0 Å². The van der Waals surface area contributed by atoms with Crippen LogP contribution in [0.15, 0.2) is 23.2 Å². The van der Waals surface area contributed by atoms with Gasteiger partial charge in [0, 0.05) is 26.2 Å². The second kappa shape index (κ2) is 10.9. The van der Waals surface area contributed by atoms with Crippen LogP contribution < -0.4 is 20.1 Å². The molecular formula is C17H30N4O3S. The lowest BCUT2D eigenvalue weighted by Gasteiger charge is -2.13. The zero-order valence-corrected chi connectivity index (χ0v) is 16.4. The fourth-order valence-corrected chi connectivity index (χ4v) is 2.80.